The zero-order valence-corrected chi connectivity index (χ0v) is 11.2. The highest BCUT2D eigenvalue weighted by Crippen LogP contribution is 2.24. The fraction of sp³-hybridized carbons (Fsp3) is 1.00. The predicted molar refractivity (Wildman–Crippen MR) is 66.6 cm³/mol. The summed E-state index contributed by atoms with van der Waals surface area (Å²) in [4.78, 5) is 0. The molecule has 0 radical (unpaired) electrons. The first-order valence-corrected chi connectivity index (χ1v) is 7.76. The van der Waals surface area contributed by atoms with E-state index in [4.69, 9.17) is 5.73 Å². The molecule has 0 amide bonds. The Hall–Kier alpha value is -0.130. The van der Waals surface area contributed by atoms with Crippen molar-refractivity contribution in [3.05, 3.63) is 0 Å². The Morgan fingerprint density at radius 1 is 1.25 bits per heavy atom. The predicted octanol–water partition coefficient (Wildman–Crippen LogP) is 1.03. The minimum Gasteiger partial charge on any atom is -0.330 e. The summed E-state index contributed by atoms with van der Waals surface area (Å²) in [7, 11) is -3.03. The van der Waals surface area contributed by atoms with Crippen LogP contribution < -0.4 is 5.73 Å². The van der Waals surface area contributed by atoms with Crippen LogP contribution in [-0.2, 0) is 10.0 Å². The highest BCUT2D eigenvalue weighted by atomic mass is 32.2. The maximum absolute atomic E-state index is 12.0. The summed E-state index contributed by atoms with van der Waals surface area (Å²) in [6, 6.07) is 0. The number of sulfonamides is 1. The number of hydrogen-bond acceptors (Lipinski definition) is 3. The fourth-order valence-corrected chi connectivity index (χ4v) is 3.71. The molecular weight excluding hydrogens is 224 g/mol. The van der Waals surface area contributed by atoms with Crippen molar-refractivity contribution in [1.29, 1.82) is 0 Å². The Bertz CT molecular complexity index is 303. The standard InChI is InChI=1S/C11H24N2O2S/c1-10-5-7-13(9-11(10)2)16(14,15)8-4-3-6-12/h10-11H,3-9,12H2,1-2H3. The van der Waals surface area contributed by atoms with Gasteiger partial charge in [0.15, 0.2) is 0 Å². The number of unbranched alkanes of at least 4 members (excludes halogenated alkanes) is 1. The summed E-state index contributed by atoms with van der Waals surface area (Å²) in [5.74, 6) is 1.36. The van der Waals surface area contributed by atoms with Crippen molar-refractivity contribution in [2.24, 2.45) is 17.6 Å². The van der Waals surface area contributed by atoms with Crippen LogP contribution in [0.2, 0.25) is 0 Å². The molecule has 0 bridgehead atoms. The van der Waals surface area contributed by atoms with Crippen molar-refractivity contribution in [3.8, 4) is 0 Å². The molecule has 0 saturated carbocycles. The molecule has 96 valence electrons. The van der Waals surface area contributed by atoms with Crippen LogP contribution in [0.5, 0.6) is 0 Å². The average molecular weight is 248 g/mol. The van der Waals surface area contributed by atoms with Gasteiger partial charge in [-0.15, -0.1) is 0 Å². The Labute approximate surface area is 99.2 Å². The van der Waals surface area contributed by atoms with Gasteiger partial charge in [0, 0.05) is 13.1 Å². The number of piperidine rings is 1. The number of rotatable bonds is 5. The molecule has 0 aromatic carbocycles. The summed E-state index contributed by atoms with van der Waals surface area (Å²) in [5.41, 5.74) is 5.37. The molecule has 1 aliphatic heterocycles. The lowest BCUT2D eigenvalue weighted by Crippen LogP contribution is -2.43. The first-order valence-electron chi connectivity index (χ1n) is 6.15. The third-order valence-electron chi connectivity index (χ3n) is 3.55. The average Bonchev–Trinajstić information content (AvgIpc) is 2.22. The van der Waals surface area contributed by atoms with E-state index in [1.807, 2.05) is 0 Å². The normalized spacial score (nSPS) is 28.2. The van der Waals surface area contributed by atoms with Crippen molar-refractivity contribution < 1.29 is 8.42 Å². The van der Waals surface area contributed by atoms with E-state index in [2.05, 4.69) is 13.8 Å². The molecule has 4 nitrogen and oxygen atoms in total. The van der Waals surface area contributed by atoms with Crippen LogP contribution in [0.4, 0.5) is 0 Å². The van der Waals surface area contributed by atoms with Gasteiger partial charge in [-0.25, -0.2) is 12.7 Å². The Kier molecular flexibility index (Phi) is 5.21. The first-order chi connectivity index (χ1) is 7.47. The van der Waals surface area contributed by atoms with Crippen LogP contribution >= 0.6 is 0 Å². The zero-order valence-electron chi connectivity index (χ0n) is 10.4. The second-order valence-electron chi connectivity index (χ2n) is 4.91. The first kappa shape index (κ1) is 13.9. The van der Waals surface area contributed by atoms with E-state index in [-0.39, 0.29) is 5.75 Å². The van der Waals surface area contributed by atoms with Crippen LogP contribution in [-0.4, -0.2) is 38.1 Å². The van der Waals surface area contributed by atoms with Crippen molar-refractivity contribution in [2.45, 2.75) is 33.1 Å². The molecule has 2 N–H and O–H groups in total. The van der Waals surface area contributed by atoms with E-state index in [1.165, 1.54) is 0 Å². The number of hydrogen-bond donors (Lipinski definition) is 1. The molecule has 1 rings (SSSR count). The summed E-state index contributed by atoms with van der Waals surface area (Å²) in [6.45, 7) is 6.28. The van der Waals surface area contributed by atoms with E-state index >= 15 is 0 Å². The lowest BCUT2D eigenvalue weighted by Gasteiger charge is -2.34. The molecule has 2 unspecified atom stereocenters. The molecule has 1 fully saturated rings. The second-order valence-corrected chi connectivity index (χ2v) is 7.00. The number of nitrogens with two attached hydrogens (primary N) is 1. The molecule has 16 heavy (non-hydrogen) atoms. The third-order valence-corrected chi connectivity index (χ3v) is 5.47. The second kappa shape index (κ2) is 5.98. The topological polar surface area (TPSA) is 63.4 Å². The van der Waals surface area contributed by atoms with Gasteiger partial charge in [0.2, 0.25) is 10.0 Å². The van der Waals surface area contributed by atoms with E-state index in [9.17, 15) is 8.42 Å². The van der Waals surface area contributed by atoms with Crippen LogP contribution in [0.25, 0.3) is 0 Å². The van der Waals surface area contributed by atoms with Gasteiger partial charge >= 0.3 is 0 Å². The van der Waals surface area contributed by atoms with Crippen molar-refractivity contribution in [2.75, 3.05) is 25.4 Å². The van der Waals surface area contributed by atoms with Gasteiger partial charge in [0.25, 0.3) is 0 Å². The fourth-order valence-electron chi connectivity index (χ4n) is 2.04. The highest BCUT2D eigenvalue weighted by molar-refractivity contribution is 7.89. The van der Waals surface area contributed by atoms with E-state index < -0.39 is 10.0 Å². The van der Waals surface area contributed by atoms with Crippen LogP contribution in [0.3, 0.4) is 0 Å². The van der Waals surface area contributed by atoms with Gasteiger partial charge in [-0.1, -0.05) is 13.8 Å². The van der Waals surface area contributed by atoms with Gasteiger partial charge in [0.05, 0.1) is 5.75 Å². The van der Waals surface area contributed by atoms with Crippen LogP contribution in [0.15, 0.2) is 0 Å². The molecule has 2 atom stereocenters. The largest absolute Gasteiger partial charge is 0.330 e. The van der Waals surface area contributed by atoms with Gasteiger partial charge in [-0.3, -0.25) is 0 Å². The maximum atomic E-state index is 12.0. The van der Waals surface area contributed by atoms with Crippen molar-refractivity contribution >= 4 is 10.0 Å². The zero-order chi connectivity index (χ0) is 12.2. The molecule has 1 heterocycles. The third kappa shape index (κ3) is 3.71. The quantitative estimate of drug-likeness (QED) is 0.739. The summed E-state index contributed by atoms with van der Waals surface area (Å²) >= 11 is 0. The SMILES string of the molecule is CC1CCN(S(=O)(=O)CCCCN)CC1C. The molecule has 5 heteroatoms. The van der Waals surface area contributed by atoms with Crippen molar-refractivity contribution in [1.82, 2.24) is 4.31 Å². The Morgan fingerprint density at radius 2 is 1.94 bits per heavy atom. The van der Waals surface area contributed by atoms with E-state index in [0.29, 0.717) is 37.9 Å². The van der Waals surface area contributed by atoms with Gasteiger partial charge in [-0.2, -0.15) is 0 Å². The van der Waals surface area contributed by atoms with Gasteiger partial charge < -0.3 is 5.73 Å². The molecule has 0 aromatic heterocycles. The highest BCUT2D eigenvalue weighted by Gasteiger charge is 2.29. The Balaban J connectivity index is 2.49. The summed E-state index contributed by atoms with van der Waals surface area (Å²) in [5, 5.41) is 0. The molecule has 1 aliphatic rings. The molecule has 1 saturated heterocycles. The lowest BCUT2D eigenvalue weighted by atomic mass is 9.90. The molecule has 0 spiro atoms. The molecular formula is C11H24N2O2S. The minimum absolute atomic E-state index is 0.255. The van der Waals surface area contributed by atoms with Gasteiger partial charge in [-0.05, 0) is 37.6 Å². The minimum atomic E-state index is -3.03. The smallest absolute Gasteiger partial charge is 0.214 e. The van der Waals surface area contributed by atoms with Gasteiger partial charge in [0.1, 0.15) is 0 Å². The molecule has 0 aromatic rings. The maximum Gasteiger partial charge on any atom is 0.214 e. The lowest BCUT2D eigenvalue weighted by molar-refractivity contribution is 0.212. The number of nitrogens with zero attached hydrogens (tertiary/aromatic N) is 1. The summed E-state index contributed by atoms with van der Waals surface area (Å²) in [6.07, 6.45) is 2.45. The molecule has 0 aliphatic carbocycles. The summed E-state index contributed by atoms with van der Waals surface area (Å²) < 4.78 is 25.7. The van der Waals surface area contributed by atoms with Crippen LogP contribution in [0, 0.1) is 11.8 Å². The monoisotopic (exact) mass is 248 g/mol. The van der Waals surface area contributed by atoms with Crippen LogP contribution in [0.1, 0.15) is 33.1 Å². The Morgan fingerprint density at radius 3 is 2.50 bits per heavy atom. The van der Waals surface area contributed by atoms with E-state index in [0.717, 1.165) is 12.8 Å². The van der Waals surface area contributed by atoms with Crippen molar-refractivity contribution in [3.63, 3.8) is 0 Å². The van der Waals surface area contributed by atoms with E-state index in [1.54, 1.807) is 4.31 Å².